The number of allylic oxidation sites excluding steroid dienone is 3. The summed E-state index contributed by atoms with van der Waals surface area (Å²) in [7, 11) is 0. The molecule has 45 heavy (non-hydrogen) atoms. The average Bonchev–Trinajstić information content (AvgIpc) is 3.28. The van der Waals surface area contributed by atoms with Gasteiger partial charge in [-0.3, -0.25) is 0 Å². The van der Waals surface area contributed by atoms with Crippen molar-refractivity contribution in [3.8, 4) is 11.1 Å². The van der Waals surface area contributed by atoms with E-state index in [1.807, 2.05) is 0 Å². The van der Waals surface area contributed by atoms with Crippen LogP contribution >= 0.6 is 0 Å². The fourth-order valence-electron chi connectivity index (χ4n) is 8.31. The van der Waals surface area contributed by atoms with E-state index in [4.69, 9.17) is 0 Å². The number of fused-ring (bicyclic) bond motifs is 4. The molecule has 0 saturated carbocycles. The molecule has 2 aliphatic carbocycles. The van der Waals surface area contributed by atoms with Crippen molar-refractivity contribution >= 4 is 29.2 Å². The second-order valence-corrected chi connectivity index (χ2v) is 14.5. The average molecular weight is 589 g/mol. The maximum absolute atomic E-state index is 2.63. The predicted octanol–water partition coefficient (Wildman–Crippen LogP) is 11.2. The van der Waals surface area contributed by atoms with Gasteiger partial charge in [0, 0.05) is 40.3 Å². The molecular formula is C43H44N2. The Hall–Kier alpha value is -4.30. The maximum atomic E-state index is 2.63. The van der Waals surface area contributed by atoms with E-state index in [1.165, 1.54) is 100 Å². The van der Waals surface area contributed by atoms with Crippen molar-refractivity contribution in [2.75, 3.05) is 16.3 Å². The SMILES string of the molecule is CC1(C)c2cc(C=Cc3ccc(N4CCCc5ccccc54)cc3)ccc2-c2ccc(N3C4=C(CCC=C4)CCC3(C)C)cc21. The van der Waals surface area contributed by atoms with Gasteiger partial charge in [-0.25, -0.2) is 0 Å². The molecule has 0 atom stereocenters. The van der Waals surface area contributed by atoms with Crippen LogP contribution in [0, 0.1) is 0 Å². The standard InChI is InChI=1S/C43H44N2/c1-42(2)26-25-33-11-6-8-14-41(33)45(42)35-22-24-37-36-23-19-31(28-38(36)43(3,4)39(37)29-35)16-15-30-17-20-34(21-18-30)44-27-9-12-32-10-5-7-13-40(32)44/h5,7-8,10,13-24,28-29H,6,9,11-12,25-27H2,1-4H3. The Labute approximate surface area is 269 Å². The predicted molar refractivity (Wildman–Crippen MR) is 192 cm³/mol. The fourth-order valence-corrected chi connectivity index (χ4v) is 8.31. The van der Waals surface area contributed by atoms with Crippen LogP contribution in [0.3, 0.4) is 0 Å². The highest BCUT2D eigenvalue weighted by molar-refractivity contribution is 5.85. The summed E-state index contributed by atoms with van der Waals surface area (Å²) in [4.78, 5) is 5.09. The summed E-state index contributed by atoms with van der Waals surface area (Å²) >= 11 is 0. The smallest absolute Gasteiger partial charge is 0.0443 e. The molecule has 8 rings (SSSR count). The molecule has 2 nitrogen and oxygen atoms in total. The highest BCUT2D eigenvalue weighted by Gasteiger charge is 2.39. The topological polar surface area (TPSA) is 6.48 Å². The summed E-state index contributed by atoms with van der Waals surface area (Å²) in [5.74, 6) is 0. The second-order valence-electron chi connectivity index (χ2n) is 14.5. The summed E-state index contributed by atoms with van der Waals surface area (Å²) in [5, 5.41) is 0. The third kappa shape index (κ3) is 4.78. The molecule has 226 valence electrons. The Morgan fingerprint density at radius 1 is 0.689 bits per heavy atom. The summed E-state index contributed by atoms with van der Waals surface area (Å²) in [6.07, 6.45) is 16.4. The van der Waals surface area contributed by atoms with Gasteiger partial charge in [0.2, 0.25) is 0 Å². The molecule has 2 aliphatic heterocycles. The van der Waals surface area contributed by atoms with Crippen LogP contribution in [0.15, 0.2) is 108 Å². The van der Waals surface area contributed by atoms with Crippen LogP contribution in [0.4, 0.5) is 17.1 Å². The van der Waals surface area contributed by atoms with Gasteiger partial charge >= 0.3 is 0 Å². The molecule has 0 radical (unpaired) electrons. The quantitative estimate of drug-likeness (QED) is 0.219. The van der Waals surface area contributed by atoms with Crippen LogP contribution in [-0.2, 0) is 11.8 Å². The first-order chi connectivity index (χ1) is 21.8. The molecule has 0 aromatic heterocycles. The van der Waals surface area contributed by atoms with Gasteiger partial charge < -0.3 is 9.80 Å². The van der Waals surface area contributed by atoms with Crippen LogP contribution in [0.5, 0.6) is 0 Å². The second kappa shape index (κ2) is 10.7. The highest BCUT2D eigenvalue weighted by Crippen LogP contribution is 2.51. The Morgan fingerprint density at radius 3 is 2.24 bits per heavy atom. The molecule has 0 bridgehead atoms. The Morgan fingerprint density at radius 2 is 1.40 bits per heavy atom. The Balaban J connectivity index is 1.06. The van der Waals surface area contributed by atoms with Crippen molar-refractivity contribution in [3.05, 3.63) is 136 Å². The van der Waals surface area contributed by atoms with Crippen molar-refractivity contribution in [1.29, 1.82) is 0 Å². The van der Waals surface area contributed by atoms with E-state index in [9.17, 15) is 0 Å². The van der Waals surface area contributed by atoms with Gasteiger partial charge in [-0.1, -0.05) is 86.7 Å². The molecule has 0 unspecified atom stereocenters. The molecule has 0 saturated heterocycles. The number of benzene rings is 4. The van der Waals surface area contributed by atoms with Crippen LogP contribution < -0.4 is 9.80 Å². The molecule has 0 fully saturated rings. The fraction of sp³-hybridized carbons (Fsp3) is 0.302. The third-order valence-electron chi connectivity index (χ3n) is 10.9. The third-order valence-corrected chi connectivity index (χ3v) is 10.9. The van der Waals surface area contributed by atoms with E-state index in [1.54, 1.807) is 5.57 Å². The molecule has 0 amide bonds. The lowest BCUT2D eigenvalue weighted by molar-refractivity contribution is 0.425. The first-order valence-corrected chi connectivity index (χ1v) is 16.9. The van der Waals surface area contributed by atoms with Crippen LogP contribution in [0.1, 0.15) is 87.6 Å². The monoisotopic (exact) mass is 588 g/mol. The van der Waals surface area contributed by atoms with Crippen molar-refractivity contribution < 1.29 is 0 Å². The number of rotatable bonds is 4. The zero-order chi connectivity index (χ0) is 30.8. The number of hydrogen-bond acceptors (Lipinski definition) is 2. The van der Waals surface area contributed by atoms with Crippen LogP contribution in [-0.4, -0.2) is 12.1 Å². The minimum atomic E-state index is -0.0591. The largest absolute Gasteiger partial charge is 0.341 e. The van der Waals surface area contributed by atoms with Crippen molar-refractivity contribution in [1.82, 2.24) is 0 Å². The van der Waals surface area contributed by atoms with E-state index < -0.39 is 0 Å². The molecule has 4 aromatic carbocycles. The Bertz CT molecular complexity index is 1880. The number of para-hydroxylation sites is 1. The zero-order valence-corrected chi connectivity index (χ0v) is 27.2. The first kappa shape index (κ1) is 28.2. The van der Waals surface area contributed by atoms with Crippen LogP contribution in [0.2, 0.25) is 0 Å². The minimum Gasteiger partial charge on any atom is -0.341 e. The van der Waals surface area contributed by atoms with Crippen molar-refractivity contribution in [3.63, 3.8) is 0 Å². The van der Waals surface area contributed by atoms with Gasteiger partial charge in [0.1, 0.15) is 0 Å². The molecule has 0 N–H and O–H groups in total. The summed E-state index contributed by atoms with van der Waals surface area (Å²) < 4.78 is 0. The molecule has 4 aromatic rings. The highest BCUT2D eigenvalue weighted by atomic mass is 15.2. The molecule has 0 spiro atoms. The lowest BCUT2D eigenvalue weighted by atomic mass is 9.80. The maximum Gasteiger partial charge on any atom is 0.0443 e. The van der Waals surface area contributed by atoms with E-state index in [0.717, 1.165) is 6.54 Å². The van der Waals surface area contributed by atoms with E-state index in [2.05, 4.69) is 147 Å². The van der Waals surface area contributed by atoms with Gasteiger partial charge in [-0.05, 0) is 133 Å². The van der Waals surface area contributed by atoms with Gasteiger partial charge in [-0.15, -0.1) is 0 Å². The molecular weight excluding hydrogens is 544 g/mol. The minimum absolute atomic E-state index is 0.0591. The summed E-state index contributed by atoms with van der Waals surface area (Å²) in [5.41, 5.74) is 16.6. The van der Waals surface area contributed by atoms with Gasteiger partial charge in [0.25, 0.3) is 0 Å². The van der Waals surface area contributed by atoms with Gasteiger partial charge in [-0.2, -0.15) is 0 Å². The Kier molecular flexibility index (Phi) is 6.68. The van der Waals surface area contributed by atoms with Crippen LogP contribution in [0.25, 0.3) is 23.3 Å². The summed E-state index contributed by atoms with van der Waals surface area (Å²) in [6, 6.07) is 32.2. The molecule has 2 heteroatoms. The zero-order valence-electron chi connectivity index (χ0n) is 27.2. The van der Waals surface area contributed by atoms with E-state index in [-0.39, 0.29) is 11.0 Å². The van der Waals surface area contributed by atoms with E-state index in [0.29, 0.717) is 0 Å². The van der Waals surface area contributed by atoms with Gasteiger partial charge in [0.05, 0.1) is 0 Å². The number of aryl methyl sites for hydroxylation is 1. The van der Waals surface area contributed by atoms with E-state index >= 15 is 0 Å². The van der Waals surface area contributed by atoms with Crippen molar-refractivity contribution in [2.24, 2.45) is 0 Å². The number of nitrogens with zero attached hydrogens (tertiary/aromatic N) is 2. The number of hydrogen-bond donors (Lipinski definition) is 0. The lowest BCUT2D eigenvalue weighted by Gasteiger charge is -2.47. The molecule has 2 heterocycles. The molecule has 4 aliphatic rings. The normalized spacial score (nSPS) is 19.4. The van der Waals surface area contributed by atoms with Crippen molar-refractivity contribution in [2.45, 2.75) is 77.2 Å². The first-order valence-electron chi connectivity index (χ1n) is 16.9. The van der Waals surface area contributed by atoms with Gasteiger partial charge in [0.15, 0.2) is 0 Å². The summed E-state index contributed by atoms with van der Waals surface area (Å²) in [6.45, 7) is 10.7. The lowest BCUT2D eigenvalue weighted by Crippen LogP contribution is -2.46. The number of anilines is 3.